The molecule has 138 valence electrons. The highest BCUT2D eigenvalue weighted by atomic mass is 32.2. The molecule has 27 heavy (non-hydrogen) atoms. The molecule has 9 nitrogen and oxygen atoms in total. The van der Waals surface area contributed by atoms with Gasteiger partial charge in [-0.05, 0) is 46.0 Å². The molecule has 0 saturated carbocycles. The summed E-state index contributed by atoms with van der Waals surface area (Å²) in [6.07, 6.45) is 1.80. The molecule has 2 aromatic heterocycles. The average molecular weight is 385 g/mol. The Kier molecular flexibility index (Phi) is 4.34. The monoisotopic (exact) mass is 385 g/mol. The zero-order valence-corrected chi connectivity index (χ0v) is 14.8. The van der Waals surface area contributed by atoms with Gasteiger partial charge in [0.15, 0.2) is 5.52 Å². The number of benzene rings is 2. The number of nitrogens with one attached hydrogen (secondary N) is 3. The molecule has 0 spiro atoms. The second-order valence-corrected chi connectivity index (χ2v) is 7.56. The van der Waals surface area contributed by atoms with Crippen LogP contribution in [0.25, 0.3) is 21.9 Å². The van der Waals surface area contributed by atoms with Crippen LogP contribution in [0.4, 0.5) is 0 Å². The van der Waals surface area contributed by atoms with Crippen molar-refractivity contribution in [2.45, 2.75) is 4.90 Å². The molecule has 0 fully saturated rings. The van der Waals surface area contributed by atoms with Gasteiger partial charge in [0.1, 0.15) is 10.4 Å². The van der Waals surface area contributed by atoms with Crippen LogP contribution >= 0.6 is 0 Å². The molecule has 0 aliphatic heterocycles. The smallest absolute Gasteiger partial charge is 0.251 e. The molecule has 10 heteroatoms. The predicted molar refractivity (Wildman–Crippen MR) is 97.6 cm³/mol. The standard InChI is InChI=1S/C17H15N5O4S/c23-17(12-5-4-11-6-7-18-14(11)10-12)19-8-9-20-27(24,25)15-3-1-2-13-16(15)22-26-21-13/h1-7,10,18,20H,8-9H2,(H,19,23). The summed E-state index contributed by atoms with van der Waals surface area (Å²) in [5, 5.41) is 10.9. The largest absolute Gasteiger partial charge is 0.361 e. The first-order chi connectivity index (χ1) is 13.0. The fourth-order valence-corrected chi connectivity index (χ4v) is 3.91. The summed E-state index contributed by atoms with van der Waals surface area (Å²) in [7, 11) is -3.81. The Morgan fingerprint density at radius 1 is 1.11 bits per heavy atom. The summed E-state index contributed by atoms with van der Waals surface area (Å²) in [5.41, 5.74) is 1.86. The van der Waals surface area contributed by atoms with Crippen LogP contribution in [0.1, 0.15) is 10.4 Å². The molecule has 2 aromatic carbocycles. The van der Waals surface area contributed by atoms with E-state index in [1.807, 2.05) is 12.1 Å². The molecule has 0 saturated heterocycles. The Labute approximate surface area is 153 Å². The lowest BCUT2D eigenvalue weighted by Crippen LogP contribution is -2.34. The second kappa shape index (κ2) is 6.82. The van der Waals surface area contributed by atoms with E-state index in [4.69, 9.17) is 0 Å². The topological polar surface area (TPSA) is 130 Å². The number of aromatic nitrogens is 3. The SMILES string of the molecule is O=C(NCCNS(=O)(=O)c1cccc2nonc12)c1ccc2cc[nH]c2c1. The first kappa shape index (κ1) is 17.2. The van der Waals surface area contributed by atoms with Crippen molar-refractivity contribution in [2.75, 3.05) is 13.1 Å². The fraction of sp³-hybridized carbons (Fsp3) is 0.118. The number of carbonyl (C=O) groups is 1. The molecule has 0 aliphatic rings. The van der Waals surface area contributed by atoms with Crippen LogP contribution in [-0.4, -0.2) is 42.7 Å². The molecule has 4 aromatic rings. The Balaban J connectivity index is 1.37. The lowest BCUT2D eigenvalue weighted by molar-refractivity contribution is 0.0954. The van der Waals surface area contributed by atoms with Gasteiger partial charge in [-0.15, -0.1) is 0 Å². The molecule has 3 N–H and O–H groups in total. The van der Waals surface area contributed by atoms with Crippen LogP contribution in [0.3, 0.4) is 0 Å². The van der Waals surface area contributed by atoms with Gasteiger partial charge in [0.2, 0.25) is 10.0 Å². The van der Waals surface area contributed by atoms with Crippen LogP contribution in [0, 0.1) is 0 Å². The van der Waals surface area contributed by atoms with Gasteiger partial charge in [-0.1, -0.05) is 12.1 Å². The van der Waals surface area contributed by atoms with Crippen molar-refractivity contribution in [1.29, 1.82) is 0 Å². The first-order valence-electron chi connectivity index (χ1n) is 8.11. The predicted octanol–water partition coefficient (Wildman–Crippen LogP) is 1.41. The fourth-order valence-electron chi connectivity index (χ4n) is 2.73. The minimum absolute atomic E-state index is 0.0234. The highest BCUT2D eigenvalue weighted by molar-refractivity contribution is 7.89. The zero-order valence-electron chi connectivity index (χ0n) is 14.0. The van der Waals surface area contributed by atoms with E-state index in [1.165, 1.54) is 6.07 Å². The summed E-state index contributed by atoms with van der Waals surface area (Å²) < 4.78 is 31.9. The van der Waals surface area contributed by atoms with Crippen LogP contribution in [0.5, 0.6) is 0 Å². The molecule has 1 amide bonds. The van der Waals surface area contributed by atoms with Crippen LogP contribution in [0.15, 0.2) is 58.2 Å². The van der Waals surface area contributed by atoms with Crippen molar-refractivity contribution in [2.24, 2.45) is 0 Å². The number of hydrogen-bond donors (Lipinski definition) is 3. The van der Waals surface area contributed by atoms with Gasteiger partial charge in [-0.3, -0.25) is 4.79 Å². The number of rotatable bonds is 6. The van der Waals surface area contributed by atoms with Crippen molar-refractivity contribution >= 4 is 37.9 Å². The van der Waals surface area contributed by atoms with E-state index in [9.17, 15) is 13.2 Å². The molecule has 0 aliphatic carbocycles. The van der Waals surface area contributed by atoms with Crippen molar-refractivity contribution in [3.05, 3.63) is 54.2 Å². The minimum Gasteiger partial charge on any atom is -0.361 e. The summed E-state index contributed by atoms with van der Waals surface area (Å²) in [6.45, 7) is 0.161. The lowest BCUT2D eigenvalue weighted by Gasteiger charge is -2.08. The quantitative estimate of drug-likeness (QED) is 0.430. The van der Waals surface area contributed by atoms with Crippen molar-refractivity contribution in [1.82, 2.24) is 25.3 Å². The van der Waals surface area contributed by atoms with Gasteiger partial charge in [0.05, 0.1) is 0 Å². The van der Waals surface area contributed by atoms with Crippen LogP contribution in [-0.2, 0) is 10.0 Å². The molecule has 0 atom stereocenters. The first-order valence-corrected chi connectivity index (χ1v) is 9.59. The number of aromatic amines is 1. The third kappa shape index (κ3) is 3.39. The number of H-pyrrole nitrogens is 1. The van der Waals surface area contributed by atoms with Crippen LogP contribution < -0.4 is 10.0 Å². The number of hydrogen-bond acceptors (Lipinski definition) is 6. The molecule has 4 rings (SSSR count). The van der Waals surface area contributed by atoms with E-state index in [0.29, 0.717) is 11.1 Å². The Morgan fingerprint density at radius 2 is 2.00 bits per heavy atom. The van der Waals surface area contributed by atoms with E-state index in [0.717, 1.165) is 10.9 Å². The number of fused-ring (bicyclic) bond motifs is 2. The van der Waals surface area contributed by atoms with Gasteiger partial charge in [-0.2, -0.15) is 0 Å². The third-order valence-corrected chi connectivity index (χ3v) is 5.55. The summed E-state index contributed by atoms with van der Waals surface area (Å²) in [4.78, 5) is 15.2. The Bertz CT molecular complexity index is 1230. The van der Waals surface area contributed by atoms with Gasteiger partial charge in [0, 0.05) is 30.4 Å². The summed E-state index contributed by atoms with van der Waals surface area (Å²) in [5.74, 6) is -0.284. The Morgan fingerprint density at radius 3 is 2.89 bits per heavy atom. The average Bonchev–Trinajstić information content (AvgIpc) is 3.32. The number of nitrogens with zero attached hydrogens (tertiary/aromatic N) is 2. The summed E-state index contributed by atoms with van der Waals surface area (Å²) in [6, 6.07) is 11.8. The lowest BCUT2D eigenvalue weighted by atomic mass is 10.1. The van der Waals surface area contributed by atoms with E-state index in [2.05, 4.69) is 30.0 Å². The molecular formula is C17H15N5O4S. The van der Waals surface area contributed by atoms with E-state index < -0.39 is 10.0 Å². The van der Waals surface area contributed by atoms with Gasteiger partial charge in [-0.25, -0.2) is 17.8 Å². The van der Waals surface area contributed by atoms with Gasteiger partial charge < -0.3 is 10.3 Å². The van der Waals surface area contributed by atoms with Crippen molar-refractivity contribution in [3.63, 3.8) is 0 Å². The normalized spacial score (nSPS) is 11.9. The zero-order chi connectivity index (χ0) is 18.9. The third-order valence-electron chi connectivity index (χ3n) is 4.06. The van der Waals surface area contributed by atoms with Crippen molar-refractivity contribution in [3.8, 4) is 0 Å². The highest BCUT2D eigenvalue weighted by Crippen LogP contribution is 2.19. The number of sulfonamides is 1. The maximum absolute atomic E-state index is 12.4. The van der Waals surface area contributed by atoms with Crippen LogP contribution in [0.2, 0.25) is 0 Å². The number of carbonyl (C=O) groups excluding carboxylic acids is 1. The van der Waals surface area contributed by atoms with Crippen molar-refractivity contribution < 1.29 is 17.8 Å². The molecule has 0 bridgehead atoms. The van der Waals surface area contributed by atoms with E-state index >= 15 is 0 Å². The van der Waals surface area contributed by atoms with E-state index in [1.54, 1.807) is 30.5 Å². The minimum atomic E-state index is -3.81. The molecular weight excluding hydrogens is 370 g/mol. The maximum atomic E-state index is 12.4. The van der Waals surface area contributed by atoms with Gasteiger partial charge >= 0.3 is 0 Å². The molecule has 0 radical (unpaired) electrons. The maximum Gasteiger partial charge on any atom is 0.251 e. The summed E-state index contributed by atoms with van der Waals surface area (Å²) >= 11 is 0. The van der Waals surface area contributed by atoms with E-state index in [-0.39, 0.29) is 29.4 Å². The molecule has 0 unspecified atom stereocenters. The number of amides is 1. The Hall–Kier alpha value is -3.24. The van der Waals surface area contributed by atoms with Gasteiger partial charge in [0.25, 0.3) is 5.91 Å². The highest BCUT2D eigenvalue weighted by Gasteiger charge is 2.19. The molecule has 2 heterocycles. The second-order valence-electron chi connectivity index (χ2n) is 5.82.